The highest BCUT2D eigenvalue weighted by atomic mass is 35.5. The highest BCUT2D eigenvalue weighted by molar-refractivity contribution is 6.32. The van der Waals surface area contributed by atoms with Gasteiger partial charge in [0.15, 0.2) is 5.15 Å². The van der Waals surface area contributed by atoms with Crippen molar-refractivity contribution in [2.24, 2.45) is 0 Å². The van der Waals surface area contributed by atoms with E-state index in [0.29, 0.717) is 11.6 Å². The third-order valence-electron chi connectivity index (χ3n) is 2.45. The zero-order valence-electron chi connectivity index (χ0n) is 9.60. The van der Waals surface area contributed by atoms with Crippen LogP contribution in [0.25, 0.3) is 17.2 Å². The van der Waals surface area contributed by atoms with Gasteiger partial charge in [0.2, 0.25) is 11.6 Å². The number of tetrazole rings is 1. The molecule has 0 radical (unpaired) electrons. The summed E-state index contributed by atoms with van der Waals surface area (Å²) >= 11 is 5.82. The van der Waals surface area contributed by atoms with Crippen molar-refractivity contribution in [2.45, 2.75) is 0 Å². The molecular weight excluding hydrogens is 266 g/mol. The van der Waals surface area contributed by atoms with Crippen molar-refractivity contribution in [1.82, 2.24) is 30.2 Å². The second-order valence-corrected chi connectivity index (χ2v) is 4.03. The van der Waals surface area contributed by atoms with Crippen LogP contribution in [0.1, 0.15) is 0 Å². The fourth-order valence-corrected chi connectivity index (χ4v) is 1.66. The van der Waals surface area contributed by atoms with Crippen LogP contribution >= 0.6 is 11.6 Å². The summed E-state index contributed by atoms with van der Waals surface area (Å²) in [5.74, 6) is 0.782. The molecular formula is C11H8ClN7. The van der Waals surface area contributed by atoms with Crippen LogP contribution < -0.4 is 5.73 Å². The van der Waals surface area contributed by atoms with Gasteiger partial charge >= 0.3 is 0 Å². The molecule has 0 aliphatic carbocycles. The van der Waals surface area contributed by atoms with Gasteiger partial charge in [-0.15, -0.1) is 15.0 Å². The standard InChI is InChI=1S/C11H8ClN7/c12-9-8(13)11(15-6-14-9)19-17-10(16-18-19)7-4-2-1-3-5-7/h1-6H,13H2. The Morgan fingerprint density at radius 3 is 2.68 bits per heavy atom. The summed E-state index contributed by atoms with van der Waals surface area (Å²) in [5.41, 5.74) is 6.84. The molecule has 2 heterocycles. The van der Waals surface area contributed by atoms with Gasteiger partial charge in [-0.1, -0.05) is 41.9 Å². The number of aromatic nitrogens is 6. The van der Waals surface area contributed by atoms with Crippen molar-refractivity contribution in [2.75, 3.05) is 5.73 Å². The summed E-state index contributed by atoms with van der Waals surface area (Å²) in [6.45, 7) is 0. The first-order valence-electron chi connectivity index (χ1n) is 5.37. The molecule has 0 amide bonds. The Morgan fingerprint density at radius 1 is 1.11 bits per heavy atom. The van der Waals surface area contributed by atoms with Crippen molar-refractivity contribution in [3.05, 3.63) is 41.8 Å². The molecule has 94 valence electrons. The lowest BCUT2D eigenvalue weighted by Crippen LogP contribution is -2.07. The Kier molecular flexibility index (Phi) is 2.81. The van der Waals surface area contributed by atoms with Crippen molar-refractivity contribution in [3.8, 4) is 17.2 Å². The SMILES string of the molecule is Nc1c(Cl)ncnc1-n1nnc(-c2ccccc2)n1. The van der Waals surface area contributed by atoms with Crippen LogP contribution in [0.2, 0.25) is 5.15 Å². The number of benzene rings is 1. The van der Waals surface area contributed by atoms with E-state index in [9.17, 15) is 0 Å². The summed E-state index contributed by atoms with van der Waals surface area (Å²) < 4.78 is 0. The molecule has 0 fully saturated rings. The molecule has 0 saturated carbocycles. The Hall–Kier alpha value is -2.54. The molecule has 2 N–H and O–H groups in total. The average molecular weight is 274 g/mol. The lowest BCUT2D eigenvalue weighted by molar-refractivity contribution is 0.700. The van der Waals surface area contributed by atoms with Crippen LogP contribution in [0.15, 0.2) is 36.7 Å². The first kappa shape index (κ1) is 11.5. The average Bonchev–Trinajstić information content (AvgIpc) is 2.92. The van der Waals surface area contributed by atoms with E-state index in [1.807, 2.05) is 30.3 Å². The Bertz CT molecular complexity index is 710. The van der Waals surface area contributed by atoms with Crippen molar-refractivity contribution in [1.29, 1.82) is 0 Å². The first-order chi connectivity index (χ1) is 9.25. The number of anilines is 1. The smallest absolute Gasteiger partial charge is 0.205 e. The topological polar surface area (TPSA) is 95.4 Å². The summed E-state index contributed by atoms with van der Waals surface area (Å²) in [4.78, 5) is 8.99. The van der Waals surface area contributed by atoms with Gasteiger partial charge in [-0.25, -0.2) is 9.97 Å². The lowest BCUT2D eigenvalue weighted by atomic mass is 10.2. The van der Waals surface area contributed by atoms with Crippen LogP contribution in [-0.2, 0) is 0 Å². The highest BCUT2D eigenvalue weighted by Gasteiger charge is 2.12. The summed E-state index contributed by atoms with van der Waals surface area (Å²) in [5, 5.41) is 12.2. The Labute approximate surface area is 113 Å². The monoisotopic (exact) mass is 273 g/mol. The number of hydrogen-bond donors (Lipinski definition) is 1. The molecule has 0 bridgehead atoms. The minimum absolute atomic E-state index is 0.156. The van der Waals surface area contributed by atoms with Crippen LogP contribution in [-0.4, -0.2) is 30.2 Å². The fraction of sp³-hybridized carbons (Fsp3) is 0. The van der Waals surface area contributed by atoms with E-state index in [2.05, 4.69) is 25.4 Å². The molecule has 0 aliphatic rings. The second kappa shape index (κ2) is 4.62. The zero-order chi connectivity index (χ0) is 13.2. The van der Waals surface area contributed by atoms with Crippen LogP contribution in [0, 0.1) is 0 Å². The Morgan fingerprint density at radius 2 is 1.89 bits per heavy atom. The maximum atomic E-state index is 5.82. The highest BCUT2D eigenvalue weighted by Crippen LogP contribution is 2.20. The largest absolute Gasteiger partial charge is 0.393 e. The van der Waals surface area contributed by atoms with Crippen molar-refractivity contribution < 1.29 is 0 Å². The van der Waals surface area contributed by atoms with E-state index in [4.69, 9.17) is 17.3 Å². The van der Waals surface area contributed by atoms with Gasteiger partial charge in [0.25, 0.3) is 0 Å². The fourth-order valence-electron chi connectivity index (χ4n) is 1.53. The van der Waals surface area contributed by atoms with Crippen LogP contribution in [0.5, 0.6) is 0 Å². The van der Waals surface area contributed by atoms with Gasteiger partial charge in [0, 0.05) is 5.56 Å². The number of nitrogens with zero attached hydrogens (tertiary/aromatic N) is 6. The normalized spacial score (nSPS) is 10.6. The first-order valence-corrected chi connectivity index (χ1v) is 5.75. The third-order valence-corrected chi connectivity index (χ3v) is 2.75. The maximum Gasteiger partial charge on any atom is 0.205 e. The Balaban J connectivity index is 2.05. The van der Waals surface area contributed by atoms with E-state index in [-0.39, 0.29) is 10.8 Å². The van der Waals surface area contributed by atoms with E-state index in [1.165, 1.54) is 11.1 Å². The van der Waals surface area contributed by atoms with Gasteiger partial charge in [-0.2, -0.15) is 0 Å². The summed E-state index contributed by atoms with van der Waals surface area (Å²) in [7, 11) is 0. The molecule has 0 saturated heterocycles. The van der Waals surface area contributed by atoms with E-state index in [1.54, 1.807) is 0 Å². The van der Waals surface area contributed by atoms with Crippen LogP contribution in [0.3, 0.4) is 0 Å². The predicted octanol–water partition coefficient (Wildman–Crippen LogP) is 1.35. The number of rotatable bonds is 2. The quantitative estimate of drug-likeness (QED) is 0.708. The second-order valence-electron chi connectivity index (χ2n) is 3.67. The van der Waals surface area contributed by atoms with E-state index < -0.39 is 0 Å². The molecule has 0 aliphatic heterocycles. The molecule has 2 aromatic heterocycles. The number of halogens is 1. The molecule has 0 spiro atoms. The number of nitrogen functional groups attached to an aromatic ring is 1. The van der Waals surface area contributed by atoms with Gasteiger partial charge in [-0.3, -0.25) is 0 Å². The van der Waals surface area contributed by atoms with E-state index >= 15 is 0 Å². The summed E-state index contributed by atoms with van der Waals surface area (Å²) in [6.07, 6.45) is 1.29. The van der Waals surface area contributed by atoms with Crippen molar-refractivity contribution in [3.63, 3.8) is 0 Å². The predicted molar refractivity (Wildman–Crippen MR) is 69.6 cm³/mol. The lowest BCUT2D eigenvalue weighted by Gasteiger charge is -2.01. The number of nitrogens with two attached hydrogens (primary N) is 1. The molecule has 7 nitrogen and oxygen atoms in total. The molecule has 8 heteroatoms. The third kappa shape index (κ3) is 2.11. The minimum atomic E-state index is 0.156. The van der Waals surface area contributed by atoms with Gasteiger partial charge in [-0.05, 0) is 5.21 Å². The molecule has 0 atom stereocenters. The molecule has 1 aromatic carbocycles. The molecule has 3 aromatic rings. The molecule has 0 unspecified atom stereocenters. The number of hydrogen-bond acceptors (Lipinski definition) is 6. The van der Waals surface area contributed by atoms with Crippen molar-refractivity contribution >= 4 is 17.3 Å². The van der Waals surface area contributed by atoms with Gasteiger partial charge in [0.05, 0.1) is 0 Å². The van der Waals surface area contributed by atoms with Gasteiger partial charge < -0.3 is 5.73 Å². The van der Waals surface area contributed by atoms with Gasteiger partial charge in [0.1, 0.15) is 12.0 Å². The van der Waals surface area contributed by atoms with E-state index in [0.717, 1.165) is 5.56 Å². The maximum absolute atomic E-state index is 5.82. The molecule has 19 heavy (non-hydrogen) atoms. The molecule has 3 rings (SSSR count). The summed E-state index contributed by atoms with van der Waals surface area (Å²) in [6, 6.07) is 9.48. The van der Waals surface area contributed by atoms with Crippen LogP contribution in [0.4, 0.5) is 5.69 Å². The minimum Gasteiger partial charge on any atom is -0.393 e. The zero-order valence-corrected chi connectivity index (χ0v) is 10.4.